The molecule has 0 unspecified atom stereocenters. The minimum Gasteiger partial charge on any atom is -0.497 e. The number of esters is 1. The summed E-state index contributed by atoms with van der Waals surface area (Å²) in [5, 5.41) is 0. The molecule has 0 saturated heterocycles. The average Bonchev–Trinajstić information content (AvgIpc) is 2.86. The summed E-state index contributed by atoms with van der Waals surface area (Å²) >= 11 is 0. The smallest absolute Gasteiger partial charge is 0.340 e. The Morgan fingerprint density at radius 3 is 2.48 bits per heavy atom. The second-order valence-electron chi connectivity index (χ2n) is 6.66. The number of methoxy groups -OCH3 is 2. The van der Waals surface area contributed by atoms with E-state index in [0.717, 1.165) is 0 Å². The first-order valence-corrected chi connectivity index (χ1v) is 8.97. The standard InChI is InChI=1S/C21H27NO5/c1-7-27-21(24)19-14(4)22(12-13(2)3)20(23)17(19)10-15-8-9-16(25-5)11-18(15)26-6/h8-11,13H,7,12H2,1-6H3. The number of carbonyl (C=O) groups is 2. The number of allylic oxidation sites excluding steroid dienone is 1. The molecule has 1 amide bonds. The predicted octanol–water partition coefficient (Wildman–Crippen LogP) is 3.42. The molecule has 1 aliphatic rings. The van der Waals surface area contributed by atoms with E-state index in [-0.39, 0.29) is 18.4 Å². The number of carbonyl (C=O) groups excluding carboxylic acids is 2. The van der Waals surface area contributed by atoms with Crippen molar-refractivity contribution in [3.8, 4) is 11.5 Å². The highest BCUT2D eigenvalue weighted by atomic mass is 16.5. The Morgan fingerprint density at radius 1 is 1.22 bits per heavy atom. The first-order valence-electron chi connectivity index (χ1n) is 8.97. The van der Waals surface area contributed by atoms with Crippen molar-refractivity contribution < 1.29 is 23.8 Å². The molecule has 0 spiro atoms. The Bertz CT molecular complexity index is 792. The second kappa shape index (κ2) is 8.75. The van der Waals surface area contributed by atoms with Crippen LogP contribution in [0.4, 0.5) is 0 Å². The van der Waals surface area contributed by atoms with E-state index >= 15 is 0 Å². The van der Waals surface area contributed by atoms with Gasteiger partial charge in [-0.1, -0.05) is 13.8 Å². The largest absolute Gasteiger partial charge is 0.497 e. The van der Waals surface area contributed by atoms with Gasteiger partial charge in [0.1, 0.15) is 11.5 Å². The number of ether oxygens (including phenoxy) is 3. The van der Waals surface area contributed by atoms with E-state index in [1.54, 1.807) is 57.2 Å². The third kappa shape index (κ3) is 4.32. The van der Waals surface area contributed by atoms with Crippen molar-refractivity contribution in [3.63, 3.8) is 0 Å². The van der Waals surface area contributed by atoms with Gasteiger partial charge in [-0.25, -0.2) is 4.79 Å². The molecule has 0 saturated carbocycles. The molecule has 1 aromatic carbocycles. The molecule has 0 radical (unpaired) electrons. The molecule has 0 aromatic heterocycles. The van der Waals surface area contributed by atoms with Crippen LogP contribution in [0, 0.1) is 5.92 Å². The lowest BCUT2D eigenvalue weighted by Crippen LogP contribution is -2.28. The van der Waals surface area contributed by atoms with Crippen LogP contribution in [0.5, 0.6) is 11.5 Å². The lowest BCUT2D eigenvalue weighted by atomic mass is 10.0. The van der Waals surface area contributed by atoms with Crippen LogP contribution in [0.25, 0.3) is 6.08 Å². The minimum absolute atomic E-state index is 0.206. The highest BCUT2D eigenvalue weighted by Gasteiger charge is 2.37. The summed E-state index contributed by atoms with van der Waals surface area (Å²) in [6.07, 6.45) is 1.68. The Morgan fingerprint density at radius 2 is 1.93 bits per heavy atom. The van der Waals surface area contributed by atoms with Gasteiger partial charge in [-0.2, -0.15) is 0 Å². The van der Waals surface area contributed by atoms with Crippen molar-refractivity contribution in [2.75, 3.05) is 27.4 Å². The van der Waals surface area contributed by atoms with Crippen LogP contribution in [0.1, 0.15) is 33.3 Å². The molecule has 2 rings (SSSR count). The van der Waals surface area contributed by atoms with Gasteiger partial charge in [0.05, 0.1) is 32.0 Å². The van der Waals surface area contributed by atoms with Crippen LogP contribution in [-0.4, -0.2) is 44.1 Å². The third-order valence-electron chi connectivity index (χ3n) is 4.28. The van der Waals surface area contributed by atoms with Crippen LogP contribution >= 0.6 is 0 Å². The highest BCUT2D eigenvalue weighted by molar-refractivity contribution is 6.16. The van der Waals surface area contributed by atoms with Gasteiger partial charge in [-0.3, -0.25) is 4.79 Å². The number of benzene rings is 1. The number of hydrogen-bond acceptors (Lipinski definition) is 5. The van der Waals surface area contributed by atoms with E-state index in [1.807, 2.05) is 13.8 Å². The summed E-state index contributed by atoms with van der Waals surface area (Å²) in [6, 6.07) is 5.31. The van der Waals surface area contributed by atoms with E-state index < -0.39 is 5.97 Å². The van der Waals surface area contributed by atoms with Gasteiger partial charge in [0.15, 0.2) is 0 Å². The van der Waals surface area contributed by atoms with Crippen molar-refractivity contribution in [2.24, 2.45) is 5.92 Å². The van der Waals surface area contributed by atoms with E-state index in [9.17, 15) is 9.59 Å². The van der Waals surface area contributed by atoms with Crippen molar-refractivity contribution in [2.45, 2.75) is 27.7 Å². The van der Waals surface area contributed by atoms with Crippen molar-refractivity contribution in [1.29, 1.82) is 0 Å². The molecule has 0 fully saturated rings. The maximum Gasteiger partial charge on any atom is 0.340 e. The van der Waals surface area contributed by atoms with Gasteiger partial charge in [0.2, 0.25) is 0 Å². The average molecular weight is 373 g/mol. The molecular formula is C21H27NO5. The fraction of sp³-hybridized carbons (Fsp3) is 0.429. The van der Waals surface area contributed by atoms with Crippen LogP contribution in [-0.2, 0) is 14.3 Å². The van der Waals surface area contributed by atoms with E-state index in [4.69, 9.17) is 14.2 Å². The molecule has 1 heterocycles. The summed E-state index contributed by atoms with van der Waals surface area (Å²) in [5.41, 5.74) is 1.92. The highest BCUT2D eigenvalue weighted by Crippen LogP contribution is 2.34. The molecule has 146 valence electrons. The van der Waals surface area contributed by atoms with E-state index in [0.29, 0.717) is 40.5 Å². The molecule has 1 aromatic rings. The molecule has 0 aliphatic carbocycles. The first kappa shape index (κ1) is 20.6. The summed E-state index contributed by atoms with van der Waals surface area (Å²) in [4.78, 5) is 27.2. The first-order chi connectivity index (χ1) is 12.8. The van der Waals surface area contributed by atoms with Crippen LogP contribution < -0.4 is 9.47 Å². The van der Waals surface area contributed by atoms with Gasteiger partial charge in [-0.15, -0.1) is 0 Å². The molecule has 0 N–H and O–H groups in total. The zero-order valence-corrected chi connectivity index (χ0v) is 16.8. The summed E-state index contributed by atoms with van der Waals surface area (Å²) in [5.74, 6) is 0.765. The molecule has 6 nitrogen and oxygen atoms in total. The number of hydrogen-bond donors (Lipinski definition) is 0. The Kier molecular flexibility index (Phi) is 6.66. The van der Waals surface area contributed by atoms with Gasteiger partial charge < -0.3 is 19.1 Å². The second-order valence-corrected chi connectivity index (χ2v) is 6.66. The molecule has 0 atom stereocenters. The zero-order valence-electron chi connectivity index (χ0n) is 16.8. The Hall–Kier alpha value is -2.76. The van der Waals surface area contributed by atoms with Gasteiger partial charge in [-0.05, 0) is 38.0 Å². The van der Waals surface area contributed by atoms with Crippen LogP contribution in [0.3, 0.4) is 0 Å². The van der Waals surface area contributed by atoms with Gasteiger partial charge >= 0.3 is 5.97 Å². The van der Waals surface area contributed by atoms with Gasteiger partial charge in [0, 0.05) is 23.9 Å². The SMILES string of the molecule is CCOC(=O)C1=C(C)N(CC(C)C)C(=O)C1=Cc1ccc(OC)cc1OC. The fourth-order valence-electron chi connectivity index (χ4n) is 3.01. The Labute approximate surface area is 160 Å². The quantitative estimate of drug-likeness (QED) is 0.541. The maximum atomic E-state index is 13.0. The van der Waals surface area contributed by atoms with Gasteiger partial charge in [0.25, 0.3) is 5.91 Å². The van der Waals surface area contributed by atoms with Crippen molar-refractivity contribution in [3.05, 3.63) is 40.6 Å². The molecular weight excluding hydrogens is 346 g/mol. The number of amides is 1. The summed E-state index contributed by atoms with van der Waals surface area (Å²) in [7, 11) is 3.12. The molecule has 6 heteroatoms. The normalized spacial score (nSPS) is 15.7. The zero-order chi connectivity index (χ0) is 20.1. The van der Waals surface area contributed by atoms with E-state index in [2.05, 4.69) is 0 Å². The van der Waals surface area contributed by atoms with Crippen molar-refractivity contribution >= 4 is 18.0 Å². The topological polar surface area (TPSA) is 65.1 Å². The molecule has 0 bridgehead atoms. The van der Waals surface area contributed by atoms with E-state index in [1.165, 1.54) is 0 Å². The number of rotatable bonds is 7. The van der Waals surface area contributed by atoms with Crippen LogP contribution in [0.15, 0.2) is 35.0 Å². The molecule has 27 heavy (non-hydrogen) atoms. The summed E-state index contributed by atoms with van der Waals surface area (Å²) in [6.45, 7) is 8.35. The third-order valence-corrected chi connectivity index (χ3v) is 4.28. The lowest BCUT2D eigenvalue weighted by molar-refractivity contribution is -0.138. The minimum atomic E-state index is -0.492. The van der Waals surface area contributed by atoms with Crippen molar-refractivity contribution in [1.82, 2.24) is 4.90 Å². The van der Waals surface area contributed by atoms with Crippen LogP contribution in [0.2, 0.25) is 0 Å². The molecule has 1 aliphatic heterocycles. The monoisotopic (exact) mass is 373 g/mol. The lowest BCUT2D eigenvalue weighted by Gasteiger charge is -2.20. The predicted molar refractivity (Wildman–Crippen MR) is 103 cm³/mol. The maximum absolute atomic E-state index is 13.0. The Balaban J connectivity index is 2.56. The summed E-state index contributed by atoms with van der Waals surface area (Å²) < 4.78 is 15.8. The number of nitrogens with zero attached hydrogens (tertiary/aromatic N) is 1. The fourth-order valence-corrected chi connectivity index (χ4v) is 3.01.